The number of hydrogen-bond acceptors (Lipinski definition) is 2. The molecule has 3 heteroatoms. The first-order chi connectivity index (χ1) is 5.36. The molecule has 0 heterocycles. The molecule has 11 heavy (non-hydrogen) atoms. The van der Waals surface area contributed by atoms with E-state index in [0.717, 1.165) is 19.4 Å². The minimum Gasteiger partial charge on any atom is -0.374 e. The van der Waals surface area contributed by atoms with Gasteiger partial charge in [-0.2, -0.15) is 0 Å². The largest absolute Gasteiger partial charge is 0.374 e. The maximum Gasteiger partial charge on any atom is 0.0662 e. The summed E-state index contributed by atoms with van der Waals surface area (Å²) in [4.78, 5) is 0. The predicted octanol–water partition coefficient (Wildman–Crippen LogP) is 1.49. The number of rotatable bonds is 4. The predicted molar refractivity (Wildman–Crippen MR) is 46.5 cm³/mol. The third kappa shape index (κ3) is 2.81. The average Bonchev–Trinajstić information content (AvgIpc) is 1.94. The molecule has 1 aliphatic rings. The molecule has 0 saturated heterocycles. The van der Waals surface area contributed by atoms with Crippen LogP contribution in [-0.2, 0) is 4.74 Å². The molecule has 0 radical (unpaired) electrons. The van der Waals surface area contributed by atoms with Gasteiger partial charge in [-0.1, -0.05) is 11.6 Å². The lowest BCUT2D eigenvalue weighted by molar-refractivity contribution is -0.0142. The standard InChI is InChI=1S/C8H14ClNO/c9-2-1-3-11-8-4-7(5-8)6-10/h1-2,7-8H,3-6,10H2/b2-1+. The summed E-state index contributed by atoms with van der Waals surface area (Å²) >= 11 is 5.32. The van der Waals surface area contributed by atoms with Crippen LogP contribution in [0.1, 0.15) is 12.8 Å². The number of halogens is 1. The highest BCUT2D eigenvalue weighted by Crippen LogP contribution is 2.28. The zero-order valence-electron chi connectivity index (χ0n) is 6.50. The Morgan fingerprint density at radius 3 is 2.82 bits per heavy atom. The zero-order chi connectivity index (χ0) is 8.10. The molecule has 1 rings (SSSR count). The van der Waals surface area contributed by atoms with Crippen molar-refractivity contribution in [1.29, 1.82) is 0 Å². The van der Waals surface area contributed by atoms with Gasteiger partial charge in [0.25, 0.3) is 0 Å². The summed E-state index contributed by atoms with van der Waals surface area (Å²) in [7, 11) is 0. The summed E-state index contributed by atoms with van der Waals surface area (Å²) in [5.74, 6) is 0.694. The van der Waals surface area contributed by atoms with Gasteiger partial charge < -0.3 is 10.5 Å². The second kappa shape index (κ2) is 4.75. The van der Waals surface area contributed by atoms with Crippen LogP contribution < -0.4 is 5.73 Å². The van der Waals surface area contributed by atoms with Gasteiger partial charge in [0.15, 0.2) is 0 Å². The average molecular weight is 176 g/mol. The number of ether oxygens (including phenoxy) is 1. The second-order valence-electron chi connectivity index (χ2n) is 2.89. The topological polar surface area (TPSA) is 35.2 Å². The minimum absolute atomic E-state index is 0.427. The first-order valence-corrected chi connectivity index (χ1v) is 4.37. The van der Waals surface area contributed by atoms with Gasteiger partial charge in [-0.15, -0.1) is 0 Å². The van der Waals surface area contributed by atoms with Gasteiger partial charge in [-0.3, -0.25) is 0 Å². The van der Waals surface area contributed by atoms with E-state index in [-0.39, 0.29) is 0 Å². The van der Waals surface area contributed by atoms with E-state index in [1.54, 1.807) is 6.08 Å². The monoisotopic (exact) mass is 175 g/mol. The van der Waals surface area contributed by atoms with Crippen LogP contribution in [0.5, 0.6) is 0 Å². The van der Waals surface area contributed by atoms with E-state index in [1.165, 1.54) is 5.54 Å². The van der Waals surface area contributed by atoms with E-state index in [1.807, 2.05) is 0 Å². The smallest absolute Gasteiger partial charge is 0.0662 e. The molecule has 0 unspecified atom stereocenters. The molecule has 2 N–H and O–H groups in total. The third-order valence-electron chi connectivity index (χ3n) is 2.04. The van der Waals surface area contributed by atoms with E-state index in [4.69, 9.17) is 22.1 Å². The maximum atomic E-state index is 5.46. The normalized spacial score (nSPS) is 30.7. The van der Waals surface area contributed by atoms with Crippen LogP contribution in [0.15, 0.2) is 11.6 Å². The van der Waals surface area contributed by atoms with E-state index in [9.17, 15) is 0 Å². The maximum absolute atomic E-state index is 5.46. The van der Waals surface area contributed by atoms with Crippen molar-refractivity contribution >= 4 is 11.6 Å². The fourth-order valence-corrected chi connectivity index (χ4v) is 1.30. The number of nitrogens with two attached hydrogens (primary N) is 1. The fraction of sp³-hybridized carbons (Fsp3) is 0.750. The van der Waals surface area contributed by atoms with Gasteiger partial charge in [0.2, 0.25) is 0 Å². The van der Waals surface area contributed by atoms with Crippen molar-refractivity contribution in [3.8, 4) is 0 Å². The molecule has 0 aromatic carbocycles. The Kier molecular flexibility index (Phi) is 3.91. The Bertz CT molecular complexity index is 132. The molecule has 0 atom stereocenters. The Morgan fingerprint density at radius 2 is 2.27 bits per heavy atom. The molecule has 1 fully saturated rings. The Hall–Kier alpha value is -0.0500. The van der Waals surface area contributed by atoms with Crippen molar-refractivity contribution in [2.45, 2.75) is 18.9 Å². The molecule has 0 aromatic heterocycles. The quantitative estimate of drug-likeness (QED) is 0.703. The Balaban J connectivity index is 1.96. The van der Waals surface area contributed by atoms with E-state index >= 15 is 0 Å². The van der Waals surface area contributed by atoms with Crippen molar-refractivity contribution in [3.63, 3.8) is 0 Å². The van der Waals surface area contributed by atoms with Crippen molar-refractivity contribution in [3.05, 3.63) is 11.6 Å². The summed E-state index contributed by atoms with van der Waals surface area (Å²) in [6, 6.07) is 0. The van der Waals surface area contributed by atoms with Gasteiger partial charge >= 0.3 is 0 Å². The summed E-state index contributed by atoms with van der Waals surface area (Å²) in [6.45, 7) is 1.43. The Morgan fingerprint density at radius 1 is 1.55 bits per heavy atom. The highest BCUT2D eigenvalue weighted by molar-refractivity contribution is 6.25. The van der Waals surface area contributed by atoms with Crippen molar-refractivity contribution in [2.75, 3.05) is 13.2 Å². The van der Waals surface area contributed by atoms with Gasteiger partial charge in [0.1, 0.15) is 0 Å². The number of hydrogen-bond donors (Lipinski definition) is 1. The fourth-order valence-electron chi connectivity index (χ4n) is 1.23. The lowest BCUT2D eigenvalue weighted by atomic mass is 9.82. The molecule has 0 aromatic rings. The third-order valence-corrected chi connectivity index (χ3v) is 2.22. The van der Waals surface area contributed by atoms with E-state index in [0.29, 0.717) is 18.6 Å². The summed E-state index contributed by atoms with van der Waals surface area (Å²) in [5, 5.41) is 0. The highest BCUT2D eigenvalue weighted by Gasteiger charge is 2.27. The summed E-state index contributed by atoms with van der Waals surface area (Å²) in [6.07, 6.45) is 4.47. The minimum atomic E-state index is 0.427. The van der Waals surface area contributed by atoms with Gasteiger partial charge in [-0.25, -0.2) is 0 Å². The molecule has 0 spiro atoms. The lowest BCUT2D eigenvalue weighted by Crippen LogP contribution is -2.35. The zero-order valence-corrected chi connectivity index (χ0v) is 7.26. The first kappa shape index (κ1) is 9.04. The van der Waals surface area contributed by atoms with Crippen LogP contribution in [0.3, 0.4) is 0 Å². The molecule has 1 saturated carbocycles. The molecular formula is C8H14ClNO. The Labute approximate surface area is 72.4 Å². The lowest BCUT2D eigenvalue weighted by Gasteiger charge is -2.33. The molecule has 64 valence electrons. The molecule has 0 bridgehead atoms. The highest BCUT2D eigenvalue weighted by atomic mass is 35.5. The second-order valence-corrected chi connectivity index (χ2v) is 3.14. The van der Waals surface area contributed by atoms with Crippen LogP contribution >= 0.6 is 11.6 Å². The van der Waals surface area contributed by atoms with Crippen LogP contribution in [0.2, 0.25) is 0 Å². The van der Waals surface area contributed by atoms with Crippen molar-refractivity contribution in [1.82, 2.24) is 0 Å². The van der Waals surface area contributed by atoms with Crippen molar-refractivity contribution < 1.29 is 4.74 Å². The molecule has 0 aliphatic heterocycles. The van der Waals surface area contributed by atoms with Gasteiger partial charge in [0, 0.05) is 5.54 Å². The molecule has 2 nitrogen and oxygen atoms in total. The van der Waals surface area contributed by atoms with E-state index in [2.05, 4.69) is 0 Å². The summed E-state index contributed by atoms with van der Waals surface area (Å²) in [5.41, 5.74) is 6.95. The van der Waals surface area contributed by atoms with Crippen LogP contribution in [-0.4, -0.2) is 19.3 Å². The van der Waals surface area contributed by atoms with Gasteiger partial charge in [-0.05, 0) is 31.4 Å². The van der Waals surface area contributed by atoms with Crippen LogP contribution in [0.25, 0.3) is 0 Å². The van der Waals surface area contributed by atoms with Gasteiger partial charge in [0.05, 0.1) is 12.7 Å². The van der Waals surface area contributed by atoms with Crippen molar-refractivity contribution in [2.24, 2.45) is 11.7 Å². The molecule has 0 amide bonds. The molecule has 1 aliphatic carbocycles. The van der Waals surface area contributed by atoms with Crippen LogP contribution in [0, 0.1) is 5.92 Å². The molecular weight excluding hydrogens is 162 g/mol. The SMILES string of the molecule is NCC1CC(OC/C=C/Cl)C1. The van der Waals surface area contributed by atoms with E-state index < -0.39 is 0 Å². The van der Waals surface area contributed by atoms with Crippen LogP contribution in [0.4, 0.5) is 0 Å². The summed E-state index contributed by atoms with van der Waals surface area (Å²) < 4.78 is 5.42. The first-order valence-electron chi connectivity index (χ1n) is 3.93.